The van der Waals surface area contributed by atoms with Gasteiger partial charge in [-0.3, -0.25) is 0 Å². The minimum atomic E-state index is -0.963. The summed E-state index contributed by atoms with van der Waals surface area (Å²) in [6.07, 6.45) is 2.74. The number of carboxylic acids is 1. The van der Waals surface area contributed by atoms with Gasteiger partial charge >= 0.3 is 0 Å². The number of quaternary nitrogens is 1. The molecule has 0 bridgehead atoms. The number of hydrogen-bond acceptors (Lipinski definition) is 4. The van der Waals surface area contributed by atoms with Crippen LogP contribution in [0.25, 0.3) is 0 Å². The van der Waals surface area contributed by atoms with Gasteiger partial charge in [-0.05, 0) is 37.8 Å². The first-order chi connectivity index (χ1) is 10.4. The van der Waals surface area contributed by atoms with E-state index in [-0.39, 0.29) is 6.42 Å². The summed E-state index contributed by atoms with van der Waals surface area (Å²) in [4.78, 5) is 10.4. The van der Waals surface area contributed by atoms with Crippen molar-refractivity contribution in [2.45, 2.75) is 32.2 Å². The predicted molar refractivity (Wildman–Crippen MR) is 83.7 cm³/mol. The van der Waals surface area contributed by atoms with Crippen LogP contribution in [0.2, 0.25) is 0 Å². The first kappa shape index (κ1) is 18.3. The van der Waals surface area contributed by atoms with Crippen molar-refractivity contribution in [3.63, 3.8) is 0 Å². The largest absolute Gasteiger partial charge is 0.550 e. The summed E-state index contributed by atoms with van der Waals surface area (Å²) in [5.41, 5.74) is 1.11. The molecule has 0 amide bonds. The van der Waals surface area contributed by atoms with Crippen LogP contribution in [-0.2, 0) is 11.3 Å². The lowest BCUT2D eigenvalue weighted by Gasteiger charge is -2.30. The lowest BCUT2D eigenvalue weighted by Crippen LogP contribution is -2.39. The Morgan fingerprint density at radius 2 is 1.86 bits per heavy atom. The quantitative estimate of drug-likeness (QED) is 0.486. The van der Waals surface area contributed by atoms with Crippen LogP contribution in [0.3, 0.4) is 0 Å². The highest BCUT2D eigenvalue weighted by Gasteiger charge is 2.20. The Labute approximate surface area is 133 Å². The molecule has 0 fully saturated rings. The van der Waals surface area contributed by atoms with Gasteiger partial charge in [-0.15, -0.1) is 0 Å². The van der Waals surface area contributed by atoms with Gasteiger partial charge in [-0.1, -0.05) is 6.07 Å². The third-order valence-electron chi connectivity index (χ3n) is 3.73. The zero-order chi connectivity index (χ0) is 16.6. The molecule has 0 aliphatic rings. The third kappa shape index (κ3) is 5.93. The minimum absolute atomic E-state index is 0.150. The molecule has 1 aromatic rings. The second-order valence-corrected chi connectivity index (χ2v) is 6.15. The number of carbonyl (C=O) groups is 1. The summed E-state index contributed by atoms with van der Waals surface area (Å²) < 4.78 is 11.6. The highest BCUT2D eigenvalue weighted by atomic mass is 16.5. The van der Waals surface area contributed by atoms with E-state index in [1.54, 1.807) is 14.2 Å². The fraction of sp³-hybridized carbons (Fsp3) is 0.588. The Kier molecular flexibility index (Phi) is 7.18. The van der Waals surface area contributed by atoms with Crippen molar-refractivity contribution >= 4 is 5.97 Å². The molecule has 1 aromatic carbocycles. The van der Waals surface area contributed by atoms with E-state index in [1.165, 1.54) is 0 Å². The Hall–Kier alpha value is -1.75. The first-order valence-electron chi connectivity index (χ1n) is 7.61. The van der Waals surface area contributed by atoms with E-state index in [4.69, 9.17) is 9.47 Å². The molecule has 1 rings (SSSR count). The van der Waals surface area contributed by atoms with E-state index >= 15 is 0 Å². The molecule has 0 unspecified atom stereocenters. The summed E-state index contributed by atoms with van der Waals surface area (Å²) in [7, 11) is 7.62. The lowest BCUT2D eigenvalue weighted by molar-refractivity contribution is -0.903. The number of benzene rings is 1. The number of nitrogens with zero attached hydrogens (tertiary/aromatic N) is 1. The van der Waals surface area contributed by atoms with Gasteiger partial charge in [0.1, 0.15) is 6.54 Å². The highest BCUT2D eigenvalue weighted by molar-refractivity contribution is 5.64. The van der Waals surface area contributed by atoms with Gasteiger partial charge in [0.25, 0.3) is 0 Å². The van der Waals surface area contributed by atoms with Crippen LogP contribution in [0.5, 0.6) is 11.5 Å². The van der Waals surface area contributed by atoms with Gasteiger partial charge in [0.2, 0.25) is 0 Å². The van der Waals surface area contributed by atoms with E-state index in [9.17, 15) is 9.90 Å². The van der Waals surface area contributed by atoms with E-state index in [0.29, 0.717) is 6.42 Å². The van der Waals surface area contributed by atoms with E-state index in [0.717, 1.165) is 47.5 Å². The number of methoxy groups -OCH3 is 2. The molecule has 0 heterocycles. The second kappa shape index (κ2) is 8.63. The monoisotopic (exact) mass is 309 g/mol. The average molecular weight is 309 g/mol. The van der Waals surface area contributed by atoms with E-state index in [1.807, 2.05) is 12.1 Å². The fourth-order valence-corrected chi connectivity index (χ4v) is 2.60. The first-order valence-corrected chi connectivity index (χ1v) is 7.61. The number of carbonyl (C=O) groups excluding carboxylic acids is 1. The van der Waals surface area contributed by atoms with Crippen LogP contribution >= 0.6 is 0 Å². The molecule has 0 aliphatic heterocycles. The minimum Gasteiger partial charge on any atom is -0.550 e. The molecule has 0 atom stereocenters. The zero-order valence-electron chi connectivity index (χ0n) is 14.1. The molecule has 0 spiro atoms. The van der Waals surface area contributed by atoms with Gasteiger partial charge in [0, 0.05) is 5.97 Å². The molecular weight excluding hydrogens is 282 g/mol. The highest BCUT2D eigenvalue weighted by Crippen LogP contribution is 2.32. The predicted octanol–water partition coefficient (Wildman–Crippen LogP) is 1.59. The molecule has 0 saturated heterocycles. The zero-order valence-corrected chi connectivity index (χ0v) is 14.1. The summed E-state index contributed by atoms with van der Waals surface area (Å²) in [6, 6.07) is 5.91. The van der Waals surface area contributed by atoms with Crippen LogP contribution in [0.15, 0.2) is 18.2 Å². The van der Waals surface area contributed by atoms with Crippen molar-refractivity contribution in [1.29, 1.82) is 0 Å². The van der Waals surface area contributed by atoms with Crippen molar-refractivity contribution in [3.05, 3.63) is 23.8 Å². The topological polar surface area (TPSA) is 58.6 Å². The maximum atomic E-state index is 10.4. The standard InChI is InChI=1S/C17H27NO4/c1-18(2,12-7-5-6-11-16(19)20)13-14-9-8-10-15(21-3)17(14)22-4/h8-10H,5-7,11-13H2,1-4H3. The van der Waals surface area contributed by atoms with Crippen LogP contribution in [0.4, 0.5) is 0 Å². The fourth-order valence-electron chi connectivity index (χ4n) is 2.60. The maximum absolute atomic E-state index is 10.4. The Morgan fingerprint density at radius 1 is 1.14 bits per heavy atom. The number of rotatable bonds is 10. The van der Waals surface area contributed by atoms with Gasteiger partial charge in [-0.25, -0.2) is 0 Å². The molecule has 5 heteroatoms. The Morgan fingerprint density at radius 3 is 2.45 bits per heavy atom. The van der Waals surface area contributed by atoms with E-state index in [2.05, 4.69) is 20.2 Å². The normalized spacial score (nSPS) is 11.3. The number of carboxylic acid groups (broad SMARTS) is 1. The molecule has 124 valence electrons. The molecule has 0 aromatic heterocycles. The SMILES string of the molecule is COc1cccc(C[N+](C)(C)CCCCCC(=O)[O-])c1OC. The van der Waals surface area contributed by atoms with Crippen molar-refractivity contribution in [1.82, 2.24) is 0 Å². The average Bonchev–Trinajstić information content (AvgIpc) is 2.45. The Balaban J connectivity index is 2.58. The summed E-state index contributed by atoms with van der Waals surface area (Å²) in [6.45, 7) is 1.81. The van der Waals surface area contributed by atoms with Crippen LogP contribution in [0, 0.1) is 0 Å². The number of para-hydroxylation sites is 1. The number of hydrogen-bond donors (Lipinski definition) is 0. The molecule has 22 heavy (non-hydrogen) atoms. The van der Waals surface area contributed by atoms with Gasteiger partial charge in [0.15, 0.2) is 11.5 Å². The summed E-state index contributed by atoms with van der Waals surface area (Å²) >= 11 is 0. The van der Waals surface area contributed by atoms with Crippen molar-refractivity contribution in [2.24, 2.45) is 0 Å². The molecule has 0 radical (unpaired) electrons. The third-order valence-corrected chi connectivity index (χ3v) is 3.73. The summed E-state index contributed by atoms with van der Waals surface area (Å²) in [5, 5.41) is 10.4. The number of ether oxygens (including phenoxy) is 2. The molecule has 0 saturated carbocycles. The van der Waals surface area contributed by atoms with Crippen LogP contribution in [0.1, 0.15) is 31.2 Å². The molecular formula is C17H27NO4. The van der Waals surface area contributed by atoms with Crippen LogP contribution < -0.4 is 14.6 Å². The Bertz CT molecular complexity index is 486. The molecule has 0 N–H and O–H groups in total. The molecule has 0 aliphatic carbocycles. The summed E-state index contributed by atoms with van der Waals surface area (Å²) in [5.74, 6) is 0.567. The van der Waals surface area contributed by atoms with Gasteiger partial charge < -0.3 is 23.9 Å². The van der Waals surface area contributed by atoms with Crippen molar-refractivity contribution in [3.8, 4) is 11.5 Å². The van der Waals surface area contributed by atoms with E-state index < -0.39 is 5.97 Å². The van der Waals surface area contributed by atoms with Gasteiger partial charge in [-0.2, -0.15) is 0 Å². The van der Waals surface area contributed by atoms with Crippen molar-refractivity contribution in [2.75, 3.05) is 34.9 Å². The number of unbranched alkanes of at least 4 members (excludes halogenated alkanes) is 2. The van der Waals surface area contributed by atoms with Crippen molar-refractivity contribution < 1.29 is 23.9 Å². The lowest BCUT2D eigenvalue weighted by atomic mass is 10.1. The number of aliphatic carboxylic acids is 1. The smallest absolute Gasteiger partial charge is 0.169 e. The van der Waals surface area contributed by atoms with Crippen LogP contribution in [-0.4, -0.2) is 45.3 Å². The maximum Gasteiger partial charge on any atom is 0.169 e. The second-order valence-electron chi connectivity index (χ2n) is 6.15. The molecule has 5 nitrogen and oxygen atoms in total. The van der Waals surface area contributed by atoms with Gasteiger partial charge in [0.05, 0.1) is 40.4 Å².